The first-order valence-electron chi connectivity index (χ1n) is 3.84. The normalized spacial score (nSPS) is 10.5. The van der Waals surface area contributed by atoms with Crippen LogP contribution in [0.2, 0.25) is 0 Å². The van der Waals surface area contributed by atoms with Crippen LogP contribution in [0.25, 0.3) is 0 Å². The number of aryl methyl sites for hydroxylation is 1. The van der Waals surface area contributed by atoms with Crippen molar-refractivity contribution >= 4 is 0 Å². The summed E-state index contributed by atoms with van der Waals surface area (Å²) >= 11 is 0. The molecule has 5 nitrogen and oxygen atoms in total. The van der Waals surface area contributed by atoms with Crippen molar-refractivity contribution in [2.24, 2.45) is 0 Å². The molecular weight excluding hydrogens is 158 g/mol. The SMILES string of the molecule is CNCCOCc1nc(C)no1. The van der Waals surface area contributed by atoms with Crippen molar-refractivity contribution in [3.63, 3.8) is 0 Å². The van der Waals surface area contributed by atoms with Gasteiger partial charge in [-0.3, -0.25) is 0 Å². The van der Waals surface area contributed by atoms with Gasteiger partial charge in [0.25, 0.3) is 5.89 Å². The van der Waals surface area contributed by atoms with Gasteiger partial charge in [-0.1, -0.05) is 5.16 Å². The highest BCUT2D eigenvalue weighted by Gasteiger charge is 2.00. The third-order valence-corrected chi connectivity index (χ3v) is 1.29. The average Bonchev–Trinajstić information content (AvgIpc) is 2.45. The van der Waals surface area contributed by atoms with Gasteiger partial charge in [-0.15, -0.1) is 0 Å². The lowest BCUT2D eigenvalue weighted by Crippen LogP contribution is -2.14. The maximum Gasteiger partial charge on any atom is 0.252 e. The summed E-state index contributed by atoms with van der Waals surface area (Å²) in [7, 11) is 1.88. The van der Waals surface area contributed by atoms with E-state index in [9.17, 15) is 0 Å². The highest BCUT2D eigenvalue weighted by molar-refractivity contribution is 4.79. The zero-order chi connectivity index (χ0) is 8.81. The molecule has 0 aliphatic heterocycles. The van der Waals surface area contributed by atoms with E-state index in [0.29, 0.717) is 24.9 Å². The van der Waals surface area contributed by atoms with Gasteiger partial charge < -0.3 is 14.6 Å². The Labute approximate surface area is 71.1 Å². The standard InChI is InChI=1S/C7H13N3O2/c1-6-9-7(12-10-6)5-11-4-3-8-2/h8H,3-5H2,1-2H3. The summed E-state index contributed by atoms with van der Waals surface area (Å²) in [5, 5.41) is 6.60. The molecule has 0 bridgehead atoms. The van der Waals surface area contributed by atoms with Crippen molar-refractivity contribution in [2.75, 3.05) is 20.2 Å². The summed E-state index contributed by atoms with van der Waals surface area (Å²) in [5.74, 6) is 1.17. The number of nitrogens with zero attached hydrogens (tertiary/aromatic N) is 2. The van der Waals surface area contributed by atoms with Crippen molar-refractivity contribution in [1.82, 2.24) is 15.5 Å². The molecule has 0 amide bonds. The van der Waals surface area contributed by atoms with E-state index in [-0.39, 0.29) is 0 Å². The Morgan fingerprint density at radius 2 is 2.42 bits per heavy atom. The molecule has 0 aromatic carbocycles. The van der Waals surface area contributed by atoms with Crippen LogP contribution in [-0.4, -0.2) is 30.3 Å². The van der Waals surface area contributed by atoms with E-state index in [4.69, 9.17) is 9.26 Å². The van der Waals surface area contributed by atoms with Gasteiger partial charge in [-0.2, -0.15) is 4.98 Å². The largest absolute Gasteiger partial charge is 0.370 e. The lowest BCUT2D eigenvalue weighted by atomic mass is 10.6. The second-order valence-electron chi connectivity index (χ2n) is 2.39. The molecular formula is C7H13N3O2. The highest BCUT2D eigenvalue weighted by atomic mass is 16.5. The molecule has 1 rings (SSSR count). The summed E-state index contributed by atoms with van der Waals surface area (Å²) in [6.45, 7) is 3.65. The van der Waals surface area contributed by atoms with E-state index < -0.39 is 0 Å². The molecule has 0 saturated carbocycles. The average molecular weight is 171 g/mol. The number of hydrogen-bond acceptors (Lipinski definition) is 5. The molecule has 5 heteroatoms. The zero-order valence-electron chi connectivity index (χ0n) is 7.33. The van der Waals surface area contributed by atoms with E-state index in [2.05, 4.69) is 15.5 Å². The van der Waals surface area contributed by atoms with Crippen LogP contribution in [0, 0.1) is 6.92 Å². The van der Waals surface area contributed by atoms with Crippen LogP contribution in [0.15, 0.2) is 4.52 Å². The van der Waals surface area contributed by atoms with Crippen molar-refractivity contribution in [1.29, 1.82) is 0 Å². The van der Waals surface area contributed by atoms with Crippen molar-refractivity contribution in [2.45, 2.75) is 13.5 Å². The number of nitrogens with one attached hydrogen (secondary N) is 1. The van der Waals surface area contributed by atoms with Crippen molar-refractivity contribution in [3.05, 3.63) is 11.7 Å². The van der Waals surface area contributed by atoms with Crippen LogP contribution in [0.4, 0.5) is 0 Å². The summed E-state index contributed by atoms with van der Waals surface area (Å²) in [6, 6.07) is 0. The maximum atomic E-state index is 5.21. The molecule has 0 aliphatic carbocycles. The first-order chi connectivity index (χ1) is 5.83. The lowest BCUT2D eigenvalue weighted by Gasteiger charge is -1.98. The molecule has 0 radical (unpaired) electrons. The fourth-order valence-corrected chi connectivity index (χ4v) is 0.732. The van der Waals surface area contributed by atoms with Gasteiger partial charge in [-0.05, 0) is 14.0 Å². The molecule has 1 aromatic rings. The Morgan fingerprint density at radius 1 is 1.58 bits per heavy atom. The molecule has 1 N–H and O–H groups in total. The van der Waals surface area contributed by atoms with E-state index in [1.54, 1.807) is 6.92 Å². The maximum absolute atomic E-state index is 5.21. The molecule has 0 saturated heterocycles. The van der Waals surface area contributed by atoms with Gasteiger partial charge in [0.1, 0.15) is 6.61 Å². The fraction of sp³-hybridized carbons (Fsp3) is 0.714. The Hall–Kier alpha value is -0.940. The first-order valence-corrected chi connectivity index (χ1v) is 3.84. The Morgan fingerprint density at radius 3 is 3.00 bits per heavy atom. The van der Waals surface area contributed by atoms with Gasteiger partial charge in [0.05, 0.1) is 6.61 Å². The zero-order valence-corrected chi connectivity index (χ0v) is 7.33. The number of hydrogen-bond donors (Lipinski definition) is 1. The first kappa shape index (κ1) is 9.15. The second kappa shape index (κ2) is 4.84. The van der Waals surface area contributed by atoms with E-state index in [0.717, 1.165) is 6.54 Å². The molecule has 1 heterocycles. The minimum Gasteiger partial charge on any atom is -0.370 e. The highest BCUT2D eigenvalue weighted by Crippen LogP contribution is 1.96. The number of aromatic nitrogens is 2. The fourth-order valence-electron chi connectivity index (χ4n) is 0.732. The molecule has 0 aliphatic rings. The van der Waals surface area contributed by atoms with E-state index in [1.807, 2.05) is 7.05 Å². The van der Waals surface area contributed by atoms with Crippen LogP contribution in [0.5, 0.6) is 0 Å². The van der Waals surface area contributed by atoms with Crippen LogP contribution >= 0.6 is 0 Å². The Bertz CT molecular complexity index is 224. The summed E-state index contributed by atoms with van der Waals surface area (Å²) in [4.78, 5) is 3.99. The van der Waals surface area contributed by atoms with Gasteiger partial charge in [0.15, 0.2) is 5.82 Å². The topological polar surface area (TPSA) is 60.2 Å². The van der Waals surface area contributed by atoms with Crippen LogP contribution in [0.3, 0.4) is 0 Å². The lowest BCUT2D eigenvalue weighted by molar-refractivity contribution is 0.100. The van der Waals surface area contributed by atoms with Gasteiger partial charge in [0.2, 0.25) is 0 Å². The summed E-state index contributed by atoms with van der Waals surface area (Å²) < 4.78 is 10.1. The van der Waals surface area contributed by atoms with Gasteiger partial charge in [0, 0.05) is 6.54 Å². The quantitative estimate of drug-likeness (QED) is 0.637. The van der Waals surface area contributed by atoms with Gasteiger partial charge >= 0.3 is 0 Å². The number of likely N-dealkylation sites (N-methyl/N-ethyl adjacent to an activating group) is 1. The molecule has 0 fully saturated rings. The second-order valence-corrected chi connectivity index (χ2v) is 2.39. The smallest absolute Gasteiger partial charge is 0.252 e. The molecule has 12 heavy (non-hydrogen) atoms. The minimum absolute atomic E-state index is 0.391. The van der Waals surface area contributed by atoms with E-state index in [1.165, 1.54) is 0 Å². The molecule has 68 valence electrons. The molecule has 0 atom stereocenters. The summed E-state index contributed by atoms with van der Waals surface area (Å²) in [6.07, 6.45) is 0. The molecule has 0 unspecified atom stereocenters. The predicted molar refractivity (Wildman–Crippen MR) is 42.6 cm³/mol. The molecule has 1 aromatic heterocycles. The third kappa shape index (κ3) is 2.98. The summed E-state index contributed by atoms with van der Waals surface area (Å²) in [5.41, 5.74) is 0. The number of rotatable bonds is 5. The third-order valence-electron chi connectivity index (χ3n) is 1.29. The van der Waals surface area contributed by atoms with Gasteiger partial charge in [-0.25, -0.2) is 0 Å². The Balaban J connectivity index is 2.15. The van der Waals surface area contributed by atoms with Crippen LogP contribution in [0.1, 0.15) is 11.7 Å². The monoisotopic (exact) mass is 171 g/mol. The van der Waals surface area contributed by atoms with Crippen molar-refractivity contribution < 1.29 is 9.26 Å². The van der Waals surface area contributed by atoms with Crippen LogP contribution in [-0.2, 0) is 11.3 Å². The predicted octanol–water partition coefficient (Wildman–Crippen LogP) is 0.114. The van der Waals surface area contributed by atoms with Crippen LogP contribution < -0.4 is 5.32 Å². The Kier molecular flexibility index (Phi) is 3.69. The number of ether oxygens (including phenoxy) is 1. The van der Waals surface area contributed by atoms with Crippen molar-refractivity contribution in [3.8, 4) is 0 Å². The minimum atomic E-state index is 0.391. The van der Waals surface area contributed by atoms with E-state index >= 15 is 0 Å². The molecule has 0 spiro atoms.